The molecule has 0 spiro atoms. The molecule has 0 aliphatic rings. The molecule has 1 unspecified atom stereocenters. The SMILES string of the molecule is COc1ccccc1OCCC(N)Cc1ccc(Cl)cc1. The summed E-state index contributed by atoms with van der Waals surface area (Å²) in [6, 6.07) is 15.4. The molecule has 2 aromatic carbocycles. The number of halogens is 1. The quantitative estimate of drug-likeness (QED) is 0.848. The fraction of sp³-hybridized carbons (Fsp3) is 0.294. The fourth-order valence-electron chi connectivity index (χ4n) is 2.08. The number of hydrogen-bond acceptors (Lipinski definition) is 3. The smallest absolute Gasteiger partial charge is 0.161 e. The molecule has 0 fully saturated rings. The number of ether oxygens (including phenoxy) is 2. The number of rotatable bonds is 7. The van der Waals surface area contributed by atoms with Crippen LogP contribution in [-0.2, 0) is 6.42 Å². The number of benzene rings is 2. The van der Waals surface area contributed by atoms with Crippen molar-refractivity contribution >= 4 is 11.6 Å². The van der Waals surface area contributed by atoms with Crippen LogP contribution < -0.4 is 15.2 Å². The average Bonchev–Trinajstić information content (AvgIpc) is 2.50. The molecule has 4 heteroatoms. The maximum atomic E-state index is 6.13. The van der Waals surface area contributed by atoms with Gasteiger partial charge in [0.1, 0.15) is 0 Å². The Morgan fingerprint density at radius 3 is 2.38 bits per heavy atom. The van der Waals surface area contributed by atoms with Gasteiger partial charge in [-0.15, -0.1) is 0 Å². The van der Waals surface area contributed by atoms with Gasteiger partial charge in [0.25, 0.3) is 0 Å². The van der Waals surface area contributed by atoms with E-state index in [0.29, 0.717) is 6.61 Å². The lowest BCUT2D eigenvalue weighted by molar-refractivity contribution is 0.279. The lowest BCUT2D eigenvalue weighted by Crippen LogP contribution is -2.25. The summed E-state index contributed by atoms with van der Waals surface area (Å²) in [5.74, 6) is 1.49. The van der Waals surface area contributed by atoms with E-state index in [1.54, 1.807) is 7.11 Å². The van der Waals surface area contributed by atoms with E-state index in [0.717, 1.165) is 29.4 Å². The van der Waals surface area contributed by atoms with Crippen molar-refractivity contribution in [2.24, 2.45) is 5.73 Å². The summed E-state index contributed by atoms with van der Waals surface area (Å²) in [6.45, 7) is 0.565. The summed E-state index contributed by atoms with van der Waals surface area (Å²) in [5, 5.41) is 0.742. The highest BCUT2D eigenvalue weighted by atomic mass is 35.5. The van der Waals surface area contributed by atoms with E-state index in [2.05, 4.69) is 0 Å². The van der Waals surface area contributed by atoms with Crippen LogP contribution in [0, 0.1) is 0 Å². The van der Waals surface area contributed by atoms with Crippen molar-refractivity contribution in [1.29, 1.82) is 0 Å². The molecule has 3 nitrogen and oxygen atoms in total. The second kappa shape index (κ2) is 7.91. The number of para-hydroxylation sites is 2. The van der Waals surface area contributed by atoms with Crippen molar-refractivity contribution < 1.29 is 9.47 Å². The van der Waals surface area contributed by atoms with Crippen molar-refractivity contribution in [3.05, 3.63) is 59.1 Å². The van der Waals surface area contributed by atoms with E-state index < -0.39 is 0 Å². The third-order valence-electron chi connectivity index (χ3n) is 3.23. The molecule has 2 N–H and O–H groups in total. The first-order valence-electron chi connectivity index (χ1n) is 6.95. The van der Waals surface area contributed by atoms with E-state index in [4.69, 9.17) is 26.8 Å². The molecule has 112 valence electrons. The van der Waals surface area contributed by atoms with Gasteiger partial charge in [0, 0.05) is 11.1 Å². The normalized spacial score (nSPS) is 12.0. The summed E-state index contributed by atoms with van der Waals surface area (Å²) >= 11 is 5.87. The second-order valence-corrected chi connectivity index (χ2v) is 5.32. The summed E-state index contributed by atoms with van der Waals surface area (Å²) in [5.41, 5.74) is 7.32. The zero-order valence-corrected chi connectivity index (χ0v) is 12.8. The molecule has 1 atom stereocenters. The molecule has 0 aromatic heterocycles. The van der Waals surface area contributed by atoms with E-state index in [1.165, 1.54) is 5.56 Å². The van der Waals surface area contributed by atoms with Crippen LogP contribution in [0.15, 0.2) is 48.5 Å². The van der Waals surface area contributed by atoms with Gasteiger partial charge < -0.3 is 15.2 Å². The van der Waals surface area contributed by atoms with Crippen molar-refractivity contribution in [2.75, 3.05) is 13.7 Å². The van der Waals surface area contributed by atoms with Crippen LogP contribution in [0.25, 0.3) is 0 Å². The average molecular weight is 306 g/mol. The molecule has 0 bridgehead atoms. The highest BCUT2D eigenvalue weighted by Crippen LogP contribution is 2.25. The highest BCUT2D eigenvalue weighted by molar-refractivity contribution is 6.30. The lowest BCUT2D eigenvalue weighted by atomic mass is 10.0. The number of hydrogen-bond donors (Lipinski definition) is 1. The second-order valence-electron chi connectivity index (χ2n) is 4.88. The Balaban J connectivity index is 1.79. The predicted octanol–water partition coefficient (Wildman–Crippen LogP) is 3.69. The Bertz CT molecular complexity index is 557. The molecule has 2 aromatic rings. The summed E-state index contributed by atoms with van der Waals surface area (Å²) in [7, 11) is 1.63. The topological polar surface area (TPSA) is 44.5 Å². The molecule has 0 radical (unpaired) electrons. The maximum Gasteiger partial charge on any atom is 0.161 e. The van der Waals surface area contributed by atoms with Gasteiger partial charge in [-0.3, -0.25) is 0 Å². The maximum absolute atomic E-state index is 6.13. The van der Waals surface area contributed by atoms with Crippen molar-refractivity contribution in [3.63, 3.8) is 0 Å². The van der Waals surface area contributed by atoms with Gasteiger partial charge in [-0.05, 0) is 42.7 Å². The summed E-state index contributed by atoms with van der Waals surface area (Å²) < 4.78 is 11.0. The Kier molecular flexibility index (Phi) is 5.90. The van der Waals surface area contributed by atoms with Crippen molar-refractivity contribution in [1.82, 2.24) is 0 Å². The first-order valence-corrected chi connectivity index (χ1v) is 7.32. The minimum absolute atomic E-state index is 0.0564. The van der Waals surface area contributed by atoms with Gasteiger partial charge in [-0.2, -0.15) is 0 Å². The van der Waals surface area contributed by atoms with Gasteiger partial charge in [0.2, 0.25) is 0 Å². The van der Waals surface area contributed by atoms with Gasteiger partial charge >= 0.3 is 0 Å². The van der Waals surface area contributed by atoms with Crippen molar-refractivity contribution in [2.45, 2.75) is 18.9 Å². The molecule has 0 aliphatic carbocycles. The first-order chi connectivity index (χ1) is 10.2. The monoisotopic (exact) mass is 305 g/mol. The van der Waals surface area contributed by atoms with Gasteiger partial charge in [0.05, 0.1) is 13.7 Å². The van der Waals surface area contributed by atoms with Crippen molar-refractivity contribution in [3.8, 4) is 11.5 Å². The predicted molar refractivity (Wildman–Crippen MR) is 86.2 cm³/mol. The van der Waals surface area contributed by atoms with Crippen LogP contribution in [0.2, 0.25) is 5.02 Å². The molecule has 0 saturated carbocycles. The zero-order valence-electron chi connectivity index (χ0n) is 12.1. The van der Waals surface area contributed by atoms with E-state index >= 15 is 0 Å². The minimum atomic E-state index is 0.0564. The Morgan fingerprint density at radius 1 is 1.05 bits per heavy atom. The van der Waals surface area contributed by atoms with Crippen LogP contribution in [0.1, 0.15) is 12.0 Å². The van der Waals surface area contributed by atoms with Crippen LogP contribution in [-0.4, -0.2) is 19.8 Å². The van der Waals surface area contributed by atoms with Gasteiger partial charge in [-0.1, -0.05) is 35.9 Å². The molecule has 0 aliphatic heterocycles. The molecular formula is C17H20ClNO2. The molecule has 0 heterocycles. The summed E-state index contributed by atoms with van der Waals surface area (Å²) in [6.07, 6.45) is 1.59. The van der Waals surface area contributed by atoms with Gasteiger partial charge in [-0.25, -0.2) is 0 Å². The third kappa shape index (κ3) is 4.96. The highest BCUT2D eigenvalue weighted by Gasteiger charge is 2.07. The molecular weight excluding hydrogens is 286 g/mol. The zero-order chi connectivity index (χ0) is 15.1. The van der Waals surface area contributed by atoms with E-state index in [9.17, 15) is 0 Å². The minimum Gasteiger partial charge on any atom is -0.493 e. The molecule has 2 rings (SSSR count). The van der Waals surface area contributed by atoms with Crippen LogP contribution in [0.4, 0.5) is 0 Å². The molecule has 21 heavy (non-hydrogen) atoms. The van der Waals surface area contributed by atoms with E-state index in [1.807, 2.05) is 48.5 Å². The summed E-state index contributed by atoms with van der Waals surface area (Å²) in [4.78, 5) is 0. The third-order valence-corrected chi connectivity index (χ3v) is 3.48. The number of nitrogens with two attached hydrogens (primary N) is 1. The fourth-order valence-corrected chi connectivity index (χ4v) is 2.21. The Hall–Kier alpha value is -1.71. The number of methoxy groups -OCH3 is 1. The molecule has 0 amide bonds. The lowest BCUT2D eigenvalue weighted by Gasteiger charge is -2.14. The largest absolute Gasteiger partial charge is 0.493 e. The van der Waals surface area contributed by atoms with Crippen LogP contribution >= 0.6 is 11.6 Å². The first kappa shape index (κ1) is 15.7. The Labute approximate surface area is 130 Å². The van der Waals surface area contributed by atoms with Crippen LogP contribution in [0.3, 0.4) is 0 Å². The standard InChI is InChI=1S/C17H20ClNO2/c1-20-16-4-2-3-5-17(16)21-11-10-15(19)12-13-6-8-14(18)9-7-13/h2-9,15H,10-12,19H2,1H3. The van der Waals surface area contributed by atoms with Crippen LogP contribution in [0.5, 0.6) is 11.5 Å². The van der Waals surface area contributed by atoms with Gasteiger partial charge in [0.15, 0.2) is 11.5 Å². The molecule has 0 saturated heterocycles. The van der Waals surface area contributed by atoms with E-state index in [-0.39, 0.29) is 6.04 Å². The Morgan fingerprint density at radius 2 is 1.71 bits per heavy atom.